The molecule has 0 N–H and O–H groups in total. The van der Waals surface area contributed by atoms with Crippen molar-refractivity contribution in [3.05, 3.63) is 54.0 Å². The Balaban J connectivity index is 1.81. The van der Waals surface area contributed by atoms with Crippen LogP contribution in [-0.2, 0) is 11.2 Å². The van der Waals surface area contributed by atoms with E-state index in [1.54, 1.807) is 0 Å². The van der Waals surface area contributed by atoms with Gasteiger partial charge in [-0.05, 0) is 55.5 Å². The smallest absolute Gasteiger partial charge is 0.164 e. The summed E-state index contributed by atoms with van der Waals surface area (Å²) in [5.41, 5.74) is 4.27. The van der Waals surface area contributed by atoms with Gasteiger partial charge >= 0.3 is 0 Å². The number of rotatable bonds is 3. The average molecular weight is 307 g/mol. The first-order valence-electron chi connectivity index (χ1n) is 8.28. The molecule has 0 aliphatic carbocycles. The number of imidazole rings is 1. The summed E-state index contributed by atoms with van der Waals surface area (Å²) < 4.78 is 7.85. The fraction of sp³-hybridized carbons (Fsp3) is 0.368. The molecule has 2 aromatic heterocycles. The van der Waals surface area contributed by atoms with Crippen LogP contribution in [0, 0.1) is 12.8 Å². The summed E-state index contributed by atoms with van der Waals surface area (Å²) in [4.78, 5) is 9.43. The van der Waals surface area contributed by atoms with Crippen LogP contribution in [-0.4, -0.2) is 27.7 Å². The molecule has 0 bridgehead atoms. The van der Waals surface area contributed by atoms with Crippen molar-refractivity contribution >= 4 is 11.2 Å². The Labute approximate surface area is 136 Å². The SMILES string of the molecule is Cc1cccc(-n2c(CC3CCCOC3)nc3cccnc32)c1. The second kappa shape index (κ2) is 6.13. The fourth-order valence-corrected chi connectivity index (χ4v) is 3.36. The molecule has 1 unspecified atom stereocenters. The van der Waals surface area contributed by atoms with Crippen LogP contribution in [0.25, 0.3) is 16.9 Å². The fourth-order valence-electron chi connectivity index (χ4n) is 3.36. The number of aromatic nitrogens is 3. The van der Waals surface area contributed by atoms with Gasteiger partial charge in [-0.3, -0.25) is 4.57 Å². The minimum absolute atomic E-state index is 0.545. The number of nitrogens with zero attached hydrogens (tertiary/aromatic N) is 3. The molecule has 1 aromatic carbocycles. The van der Waals surface area contributed by atoms with Crippen molar-refractivity contribution in [2.75, 3.05) is 13.2 Å². The van der Waals surface area contributed by atoms with E-state index < -0.39 is 0 Å². The molecule has 1 aliphatic heterocycles. The summed E-state index contributed by atoms with van der Waals surface area (Å²) >= 11 is 0. The molecule has 1 fully saturated rings. The molecule has 1 saturated heterocycles. The van der Waals surface area contributed by atoms with E-state index in [-0.39, 0.29) is 0 Å². The van der Waals surface area contributed by atoms with E-state index in [2.05, 4.69) is 40.7 Å². The summed E-state index contributed by atoms with van der Waals surface area (Å²) in [6, 6.07) is 12.5. The molecule has 3 heterocycles. The summed E-state index contributed by atoms with van der Waals surface area (Å²) in [7, 11) is 0. The molecular weight excluding hydrogens is 286 g/mol. The van der Waals surface area contributed by atoms with Gasteiger partial charge in [0.15, 0.2) is 5.65 Å². The van der Waals surface area contributed by atoms with Gasteiger partial charge in [-0.2, -0.15) is 0 Å². The zero-order valence-electron chi connectivity index (χ0n) is 13.4. The molecule has 0 spiro atoms. The first-order valence-corrected chi connectivity index (χ1v) is 8.28. The minimum atomic E-state index is 0.545. The number of hydrogen-bond acceptors (Lipinski definition) is 3. The largest absolute Gasteiger partial charge is 0.381 e. The van der Waals surface area contributed by atoms with Crippen LogP contribution in [0.5, 0.6) is 0 Å². The van der Waals surface area contributed by atoms with E-state index in [4.69, 9.17) is 9.72 Å². The molecule has 4 nitrogen and oxygen atoms in total. The number of pyridine rings is 1. The normalized spacial score (nSPS) is 18.4. The van der Waals surface area contributed by atoms with Crippen LogP contribution in [0.4, 0.5) is 0 Å². The molecule has 0 saturated carbocycles. The highest BCUT2D eigenvalue weighted by Crippen LogP contribution is 2.25. The monoisotopic (exact) mass is 307 g/mol. The van der Waals surface area contributed by atoms with Gasteiger partial charge in [0.1, 0.15) is 11.3 Å². The molecular formula is C19H21N3O. The maximum atomic E-state index is 5.64. The molecule has 3 aromatic rings. The predicted molar refractivity (Wildman–Crippen MR) is 90.8 cm³/mol. The Kier molecular flexibility index (Phi) is 3.83. The van der Waals surface area contributed by atoms with E-state index in [0.29, 0.717) is 5.92 Å². The van der Waals surface area contributed by atoms with Gasteiger partial charge in [-0.25, -0.2) is 9.97 Å². The first-order chi connectivity index (χ1) is 11.3. The van der Waals surface area contributed by atoms with E-state index in [1.165, 1.54) is 12.0 Å². The standard InChI is InChI=1S/C19H21N3O/c1-14-5-2-7-16(11-14)22-18(12-15-6-4-10-23-13-15)21-17-8-3-9-20-19(17)22/h2-3,5,7-9,11,15H,4,6,10,12-13H2,1H3. The lowest BCUT2D eigenvalue weighted by molar-refractivity contribution is 0.0542. The number of aryl methyl sites for hydroxylation is 1. The number of fused-ring (bicyclic) bond motifs is 1. The molecule has 1 aliphatic rings. The highest BCUT2D eigenvalue weighted by Gasteiger charge is 2.20. The molecule has 4 rings (SSSR count). The van der Waals surface area contributed by atoms with Crippen molar-refractivity contribution in [2.24, 2.45) is 5.92 Å². The van der Waals surface area contributed by atoms with Crippen molar-refractivity contribution in [1.82, 2.24) is 14.5 Å². The minimum Gasteiger partial charge on any atom is -0.381 e. The number of ether oxygens (including phenoxy) is 1. The van der Waals surface area contributed by atoms with Crippen molar-refractivity contribution < 1.29 is 4.74 Å². The Morgan fingerprint density at radius 3 is 3.04 bits per heavy atom. The van der Waals surface area contributed by atoms with Gasteiger partial charge in [0.05, 0.1) is 0 Å². The van der Waals surface area contributed by atoms with Gasteiger partial charge in [0.2, 0.25) is 0 Å². The molecule has 118 valence electrons. The van der Waals surface area contributed by atoms with Gasteiger partial charge in [0, 0.05) is 31.5 Å². The maximum Gasteiger partial charge on any atom is 0.164 e. The van der Waals surface area contributed by atoms with Gasteiger partial charge in [-0.1, -0.05) is 12.1 Å². The summed E-state index contributed by atoms with van der Waals surface area (Å²) in [5, 5.41) is 0. The van der Waals surface area contributed by atoms with Crippen LogP contribution >= 0.6 is 0 Å². The first kappa shape index (κ1) is 14.4. The number of benzene rings is 1. The molecule has 0 radical (unpaired) electrons. The molecule has 0 amide bonds. The molecule has 1 atom stereocenters. The quantitative estimate of drug-likeness (QED) is 0.741. The lowest BCUT2D eigenvalue weighted by Crippen LogP contribution is -2.20. The summed E-state index contributed by atoms with van der Waals surface area (Å²) in [6.07, 6.45) is 5.13. The Morgan fingerprint density at radius 1 is 1.26 bits per heavy atom. The van der Waals surface area contributed by atoms with Gasteiger partial charge < -0.3 is 4.74 Å². The van der Waals surface area contributed by atoms with E-state index >= 15 is 0 Å². The topological polar surface area (TPSA) is 39.9 Å². The predicted octanol–water partition coefficient (Wildman–Crippen LogP) is 3.70. The summed E-state index contributed by atoms with van der Waals surface area (Å²) in [5.74, 6) is 1.63. The summed E-state index contributed by atoms with van der Waals surface area (Å²) in [6.45, 7) is 3.85. The van der Waals surface area contributed by atoms with Crippen molar-refractivity contribution in [3.63, 3.8) is 0 Å². The van der Waals surface area contributed by atoms with Crippen LogP contribution in [0.3, 0.4) is 0 Å². The van der Waals surface area contributed by atoms with E-state index in [9.17, 15) is 0 Å². The maximum absolute atomic E-state index is 5.64. The lowest BCUT2D eigenvalue weighted by Gasteiger charge is -2.22. The Hall–Kier alpha value is -2.20. The van der Waals surface area contributed by atoms with Crippen molar-refractivity contribution in [3.8, 4) is 5.69 Å². The number of hydrogen-bond donors (Lipinski definition) is 0. The van der Waals surface area contributed by atoms with Crippen molar-refractivity contribution in [1.29, 1.82) is 0 Å². The molecule has 23 heavy (non-hydrogen) atoms. The van der Waals surface area contributed by atoms with Crippen LogP contribution in [0.2, 0.25) is 0 Å². The third-order valence-corrected chi connectivity index (χ3v) is 4.47. The van der Waals surface area contributed by atoms with Crippen LogP contribution in [0.1, 0.15) is 24.2 Å². The molecule has 4 heteroatoms. The van der Waals surface area contributed by atoms with Crippen molar-refractivity contribution in [2.45, 2.75) is 26.2 Å². The van der Waals surface area contributed by atoms with Crippen LogP contribution in [0.15, 0.2) is 42.6 Å². The second-order valence-corrected chi connectivity index (χ2v) is 6.34. The Bertz CT molecular complexity index is 818. The highest BCUT2D eigenvalue weighted by atomic mass is 16.5. The lowest BCUT2D eigenvalue weighted by atomic mass is 9.98. The van der Waals surface area contributed by atoms with E-state index in [0.717, 1.165) is 48.7 Å². The zero-order valence-corrected chi connectivity index (χ0v) is 13.4. The van der Waals surface area contributed by atoms with Gasteiger partial charge in [-0.15, -0.1) is 0 Å². The zero-order chi connectivity index (χ0) is 15.6. The average Bonchev–Trinajstić information content (AvgIpc) is 2.93. The highest BCUT2D eigenvalue weighted by molar-refractivity contribution is 5.73. The Morgan fingerprint density at radius 2 is 2.22 bits per heavy atom. The van der Waals surface area contributed by atoms with E-state index in [1.807, 2.05) is 18.3 Å². The van der Waals surface area contributed by atoms with Crippen LogP contribution < -0.4 is 0 Å². The second-order valence-electron chi connectivity index (χ2n) is 6.34. The third-order valence-electron chi connectivity index (χ3n) is 4.47. The van der Waals surface area contributed by atoms with Gasteiger partial charge in [0.25, 0.3) is 0 Å². The third kappa shape index (κ3) is 2.86.